The number of hydrogen-bond donors (Lipinski definition) is 0. The summed E-state index contributed by atoms with van der Waals surface area (Å²) < 4.78 is 46.8. The molecule has 0 aliphatic heterocycles. The van der Waals surface area contributed by atoms with Crippen LogP contribution in [-0.2, 0) is 17.8 Å². The number of aryl methyl sites for hydroxylation is 1. The number of rotatable bonds is 8. The summed E-state index contributed by atoms with van der Waals surface area (Å²) in [7, 11) is 3.06. The molecule has 2 aromatic carbocycles. The smallest absolute Gasteiger partial charge is 0.422 e. The van der Waals surface area contributed by atoms with Gasteiger partial charge in [-0.3, -0.25) is 4.79 Å². The molecule has 0 saturated heterocycles. The Hall–Kier alpha value is -2.41. The molecule has 0 aliphatic carbocycles. The van der Waals surface area contributed by atoms with Crippen LogP contribution in [0.3, 0.4) is 0 Å². The van der Waals surface area contributed by atoms with Crippen molar-refractivity contribution < 1.29 is 27.4 Å². The molecular weight excluding hydrogens is 395 g/mol. The van der Waals surface area contributed by atoms with Crippen molar-refractivity contribution in [2.45, 2.75) is 25.6 Å². The van der Waals surface area contributed by atoms with Crippen molar-refractivity contribution in [3.05, 3.63) is 58.6 Å². The Labute approximate surface area is 166 Å². The fraction of sp³-hybridized carbons (Fsp3) is 0.350. The zero-order chi connectivity index (χ0) is 20.7. The maximum Gasteiger partial charge on any atom is 0.422 e. The third-order valence-corrected chi connectivity index (χ3v) is 4.22. The number of hydrogen-bond acceptors (Lipinski definition) is 3. The SMILES string of the molecule is COc1cc(CCC(=O)N(C)Cc2cccc(Cl)c2)ccc1OCC(F)(F)F. The minimum atomic E-state index is -4.43. The van der Waals surface area contributed by atoms with Crippen molar-refractivity contribution in [1.82, 2.24) is 4.90 Å². The lowest BCUT2D eigenvalue weighted by atomic mass is 10.1. The van der Waals surface area contributed by atoms with Gasteiger partial charge in [-0.25, -0.2) is 0 Å². The Morgan fingerprint density at radius 2 is 1.86 bits per heavy atom. The van der Waals surface area contributed by atoms with E-state index in [1.807, 2.05) is 12.1 Å². The predicted octanol–water partition coefficient (Wildman–Crippen LogP) is 4.88. The number of benzene rings is 2. The van der Waals surface area contributed by atoms with Gasteiger partial charge in [0.15, 0.2) is 18.1 Å². The van der Waals surface area contributed by atoms with Crippen molar-refractivity contribution in [2.24, 2.45) is 0 Å². The van der Waals surface area contributed by atoms with Gasteiger partial charge >= 0.3 is 6.18 Å². The molecule has 0 spiro atoms. The molecule has 0 N–H and O–H groups in total. The number of alkyl halides is 3. The maximum absolute atomic E-state index is 12.4. The van der Waals surface area contributed by atoms with Crippen molar-refractivity contribution >= 4 is 17.5 Å². The minimum Gasteiger partial charge on any atom is -0.493 e. The number of carbonyl (C=O) groups is 1. The van der Waals surface area contributed by atoms with Crippen LogP contribution < -0.4 is 9.47 Å². The quantitative estimate of drug-likeness (QED) is 0.616. The predicted molar refractivity (Wildman–Crippen MR) is 101 cm³/mol. The average Bonchev–Trinajstić information content (AvgIpc) is 2.64. The highest BCUT2D eigenvalue weighted by molar-refractivity contribution is 6.30. The molecule has 1 amide bonds. The van der Waals surface area contributed by atoms with Gasteiger partial charge in [0.25, 0.3) is 0 Å². The van der Waals surface area contributed by atoms with Crippen LogP contribution in [0.25, 0.3) is 0 Å². The Balaban J connectivity index is 1.93. The standard InChI is InChI=1S/C20H21ClF3NO3/c1-25(12-15-4-3-5-16(21)10-15)19(26)9-7-14-6-8-17(18(11-14)27-2)28-13-20(22,23)24/h3-6,8,10-11H,7,9,12-13H2,1-2H3. The zero-order valence-corrected chi connectivity index (χ0v) is 16.3. The highest BCUT2D eigenvalue weighted by atomic mass is 35.5. The Kier molecular flexibility index (Phi) is 7.57. The minimum absolute atomic E-state index is 0.00739. The lowest BCUT2D eigenvalue weighted by Gasteiger charge is -2.18. The highest BCUT2D eigenvalue weighted by Crippen LogP contribution is 2.30. The van der Waals surface area contributed by atoms with E-state index in [1.165, 1.54) is 13.2 Å². The molecule has 152 valence electrons. The van der Waals surface area contributed by atoms with Crippen LogP contribution >= 0.6 is 11.6 Å². The molecule has 0 saturated carbocycles. The first-order valence-electron chi connectivity index (χ1n) is 8.53. The molecule has 0 atom stereocenters. The van der Waals surface area contributed by atoms with Gasteiger partial charge in [0, 0.05) is 25.0 Å². The lowest BCUT2D eigenvalue weighted by Crippen LogP contribution is -2.26. The van der Waals surface area contributed by atoms with E-state index in [0.29, 0.717) is 18.0 Å². The molecule has 28 heavy (non-hydrogen) atoms. The Morgan fingerprint density at radius 1 is 1.11 bits per heavy atom. The van der Waals surface area contributed by atoms with E-state index < -0.39 is 12.8 Å². The normalized spacial score (nSPS) is 11.2. The molecule has 2 aromatic rings. The second kappa shape index (κ2) is 9.68. The molecule has 0 radical (unpaired) electrons. The van der Waals surface area contributed by atoms with Crippen molar-refractivity contribution in [1.29, 1.82) is 0 Å². The summed E-state index contributed by atoms with van der Waals surface area (Å²) in [6.45, 7) is -0.956. The van der Waals surface area contributed by atoms with E-state index in [4.69, 9.17) is 21.1 Å². The number of nitrogens with zero attached hydrogens (tertiary/aromatic N) is 1. The first-order valence-corrected chi connectivity index (χ1v) is 8.90. The molecule has 8 heteroatoms. The van der Waals surface area contributed by atoms with Crippen LogP contribution in [0, 0.1) is 0 Å². The molecule has 0 heterocycles. The van der Waals surface area contributed by atoms with E-state index in [0.717, 1.165) is 11.1 Å². The van der Waals surface area contributed by atoms with Crippen LogP contribution in [-0.4, -0.2) is 37.7 Å². The second-order valence-electron chi connectivity index (χ2n) is 6.27. The molecule has 0 bridgehead atoms. The van der Waals surface area contributed by atoms with Gasteiger partial charge in [-0.2, -0.15) is 13.2 Å². The van der Waals surface area contributed by atoms with Crippen molar-refractivity contribution in [2.75, 3.05) is 20.8 Å². The summed E-state index contributed by atoms with van der Waals surface area (Å²) >= 11 is 5.95. The lowest BCUT2D eigenvalue weighted by molar-refractivity contribution is -0.153. The van der Waals surface area contributed by atoms with E-state index in [1.54, 1.807) is 36.2 Å². The van der Waals surface area contributed by atoms with Gasteiger partial charge in [0.05, 0.1) is 7.11 Å². The van der Waals surface area contributed by atoms with Crippen molar-refractivity contribution in [3.63, 3.8) is 0 Å². The summed E-state index contributed by atoms with van der Waals surface area (Å²) in [5.41, 5.74) is 1.69. The van der Waals surface area contributed by atoms with Gasteiger partial charge in [-0.05, 0) is 41.8 Å². The topological polar surface area (TPSA) is 38.8 Å². The van der Waals surface area contributed by atoms with Crippen molar-refractivity contribution in [3.8, 4) is 11.5 Å². The zero-order valence-electron chi connectivity index (χ0n) is 15.6. The monoisotopic (exact) mass is 415 g/mol. The molecule has 0 unspecified atom stereocenters. The number of halogens is 4. The van der Waals surface area contributed by atoms with Gasteiger partial charge in [0.2, 0.25) is 5.91 Å². The van der Waals surface area contributed by atoms with Gasteiger partial charge < -0.3 is 14.4 Å². The van der Waals surface area contributed by atoms with Crippen LogP contribution in [0.15, 0.2) is 42.5 Å². The third kappa shape index (κ3) is 6.96. The number of carbonyl (C=O) groups excluding carboxylic acids is 1. The van der Waals surface area contributed by atoms with Gasteiger partial charge in [0.1, 0.15) is 0 Å². The van der Waals surface area contributed by atoms with E-state index in [2.05, 4.69) is 0 Å². The summed E-state index contributed by atoms with van der Waals surface area (Å²) in [5, 5.41) is 0.610. The third-order valence-electron chi connectivity index (χ3n) is 3.98. The van der Waals surface area contributed by atoms with Crippen LogP contribution in [0.1, 0.15) is 17.5 Å². The Morgan fingerprint density at radius 3 is 2.50 bits per heavy atom. The number of methoxy groups -OCH3 is 1. The maximum atomic E-state index is 12.4. The number of amides is 1. The molecule has 4 nitrogen and oxygen atoms in total. The fourth-order valence-electron chi connectivity index (χ4n) is 2.59. The van der Waals surface area contributed by atoms with Crippen LogP contribution in [0.2, 0.25) is 5.02 Å². The summed E-state index contributed by atoms with van der Waals surface area (Å²) in [5.74, 6) is 0.144. The first-order chi connectivity index (χ1) is 13.2. The molecule has 2 rings (SSSR count). The average molecular weight is 416 g/mol. The molecule has 0 aromatic heterocycles. The van der Waals surface area contributed by atoms with E-state index in [-0.39, 0.29) is 23.8 Å². The first kappa shape index (κ1) is 21.9. The van der Waals surface area contributed by atoms with Gasteiger partial charge in [-0.1, -0.05) is 29.8 Å². The van der Waals surface area contributed by atoms with E-state index >= 15 is 0 Å². The summed E-state index contributed by atoms with van der Waals surface area (Å²) in [6, 6.07) is 11.9. The van der Waals surface area contributed by atoms with Crippen LogP contribution in [0.4, 0.5) is 13.2 Å². The summed E-state index contributed by atoms with van der Waals surface area (Å²) in [4.78, 5) is 14.0. The molecular formula is C20H21ClF3NO3. The molecule has 0 fully saturated rings. The second-order valence-corrected chi connectivity index (χ2v) is 6.71. The highest BCUT2D eigenvalue weighted by Gasteiger charge is 2.29. The van der Waals surface area contributed by atoms with Crippen LogP contribution in [0.5, 0.6) is 11.5 Å². The Bertz CT molecular complexity index is 812. The molecule has 0 aliphatic rings. The fourth-order valence-corrected chi connectivity index (χ4v) is 2.80. The van der Waals surface area contributed by atoms with E-state index in [9.17, 15) is 18.0 Å². The number of ether oxygens (including phenoxy) is 2. The largest absolute Gasteiger partial charge is 0.493 e. The summed E-state index contributed by atoms with van der Waals surface area (Å²) in [6.07, 6.45) is -3.75. The van der Waals surface area contributed by atoms with Gasteiger partial charge in [-0.15, -0.1) is 0 Å².